The molecule has 1 aliphatic rings. The highest BCUT2D eigenvalue weighted by Gasteiger charge is 2.25. The third-order valence-corrected chi connectivity index (χ3v) is 5.55. The highest BCUT2D eigenvalue weighted by molar-refractivity contribution is 5.93. The van der Waals surface area contributed by atoms with E-state index in [1.807, 2.05) is 31.2 Å². The molecule has 0 unspecified atom stereocenters. The average molecular weight is 442 g/mol. The number of piperazine rings is 1. The molecule has 0 atom stereocenters. The molecular weight excluding hydrogens is 420 g/mol. The van der Waals surface area contributed by atoms with Crippen molar-refractivity contribution in [3.05, 3.63) is 82.3 Å². The smallest absolute Gasteiger partial charge is 0.289 e. The Hall–Kier alpha value is -4.27. The van der Waals surface area contributed by atoms with E-state index in [0.29, 0.717) is 48.8 Å². The van der Waals surface area contributed by atoms with Crippen LogP contribution < -0.4 is 15.6 Å². The van der Waals surface area contributed by atoms with Crippen LogP contribution in [0.15, 0.2) is 70.0 Å². The quantitative estimate of drug-likeness (QED) is 0.514. The number of anilines is 3. The van der Waals surface area contributed by atoms with Gasteiger partial charge >= 0.3 is 0 Å². The maximum atomic E-state index is 12.9. The summed E-state index contributed by atoms with van der Waals surface area (Å²) in [6.07, 6.45) is 1.79. The van der Waals surface area contributed by atoms with Crippen LogP contribution in [0.2, 0.25) is 0 Å². The van der Waals surface area contributed by atoms with Gasteiger partial charge in [-0.2, -0.15) is 0 Å². The maximum absolute atomic E-state index is 12.9. The van der Waals surface area contributed by atoms with Crippen LogP contribution in [-0.4, -0.2) is 52.2 Å². The summed E-state index contributed by atoms with van der Waals surface area (Å²) in [6, 6.07) is 15.8. The zero-order valence-corrected chi connectivity index (χ0v) is 18.1. The van der Waals surface area contributed by atoms with Crippen molar-refractivity contribution >= 4 is 34.3 Å². The Labute approximate surface area is 189 Å². The first-order valence-corrected chi connectivity index (χ1v) is 10.7. The SMILES string of the molecule is Cc1ccc(Nc2ccc(N3CCN(C(=O)c4cc(=O)c5ccccc5o4)CC3)nn2)nc1. The van der Waals surface area contributed by atoms with E-state index in [4.69, 9.17) is 4.42 Å². The largest absolute Gasteiger partial charge is 0.451 e. The van der Waals surface area contributed by atoms with E-state index in [1.165, 1.54) is 6.07 Å². The van der Waals surface area contributed by atoms with Crippen molar-refractivity contribution in [2.75, 3.05) is 36.4 Å². The van der Waals surface area contributed by atoms with Gasteiger partial charge in [0.15, 0.2) is 22.8 Å². The van der Waals surface area contributed by atoms with E-state index in [2.05, 4.69) is 25.4 Å². The first kappa shape index (κ1) is 20.6. The number of fused-ring (bicyclic) bond motifs is 1. The van der Waals surface area contributed by atoms with Crippen LogP contribution in [0.5, 0.6) is 0 Å². The van der Waals surface area contributed by atoms with Gasteiger partial charge in [0.25, 0.3) is 5.91 Å². The van der Waals surface area contributed by atoms with Crippen molar-refractivity contribution in [1.82, 2.24) is 20.1 Å². The summed E-state index contributed by atoms with van der Waals surface area (Å²) in [7, 11) is 0. The summed E-state index contributed by atoms with van der Waals surface area (Å²) in [5, 5.41) is 12.1. The van der Waals surface area contributed by atoms with Gasteiger partial charge in [0.1, 0.15) is 11.4 Å². The van der Waals surface area contributed by atoms with Crippen molar-refractivity contribution in [2.45, 2.75) is 6.92 Å². The van der Waals surface area contributed by atoms with Crippen LogP contribution in [0.3, 0.4) is 0 Å². The number of carbonyl (C=O) groups is 1. The third-order valence-electron chi connectivity index (χ3n) is 5.55. The number of hydrogen-bond acceptors (Lipinski definition) is 8. The number of benzene rings is 1. The van der Waals surface area contributed by atoms with Crippen LogP contribution in [0.25, 0.3) is 11.0 Å². The van der Waals surface area contributed by atoms with Crippen LogP contribution in [0.1, 0.15) is 16.1 Å². The van der Waals surface area contributed by atoms with E-state index in [9.17, 15) is 9.59 Å². The minimum Gasteiger partial charge on any atom is -0.451 e. The lowest BCUT2D eigenvalue weighted by Gasteiger charge is -2.34. The Bertz CT molecular complexity index is 1340. The molecule has 3 aromatic heterocycles. The van der Waals surface area contributed by atoms with Crippen molar-refractivity contribution in [2.24, 2.45) is 0 Å². The van der Waals surface area contributed by atoms with Gasteiger partial charge in [0, 0.05) is 38.4 Å². The van der Waals surface area contributed by atoms with Crippen LogP contribution >= 0.6 is 0 Å². The Morgan fingerprint density at radius 3 is 2.48 bits per heavy atom. The summed E-state index contributed by atoms with van der Waals surface area (Å²) in [5.74, 6) is 1.83. The summed E-state index contributed by atoms with van der Waals surface area (Å²) in [5.41, 5.74) is 1.28. The first-order valence-electron chi connectivity index (χ1n) is 10.7. The third kappa shape index (κ3) is 4.38. The molecule has 0 aliphatic carbocycles. The molecule has 4 heterocycles. The van der Waals surface area contributed by atoms with E-state index >= 15 is 0 Å². The number of aryl methyl sites for hydroxylation is 1. The molecule has 1 fully saturated rings. The zero-order chi connectivity index (χ0) is 22.8. The Kier molecular flexibility index (Phi) is 5.43. The summed E-state index contributed by atoms with van der Waals surface area (Å²) in [4.78, 5) is 33.3. The number of hydrogen-bond donors (Lipinski definition) is 1. The van der Waals surface area contributed by atoms with Gasteiger partial charge < -0.3 is 19.5 Å². The highest BCUT2D eigenvalue weighted by Crippen LogP contribution is 2.18. The first-order chi connectivity index (χ1) is 16.1. The molecule has 0 spiro atoms. The van der Waals surface area contributed by atoms with Gasteiger partial charge in [-0.1, -0.05) is 18.2 Å². The minimum absolute atomic E-state index is 0.0621. The molecule has 0 saturated carbocycles. The molecule has 9 heteroatoms. The molecule has 0 radical (unpaired) electrons. The normalized spacial score (nSPS) is 13.8. The van der Waals surface area contributed by atoms with Crippen molar-refractivity contribution in [3.8, 4) is 0 Å². The molecule has 5 rings (SSSR count). The Morgan fingerprint density at radius 1 is 0.970 bits per heavy atom. The molecule has 33 heavy (non-hydrogen) atoms. The maximum Gasteiger partial charge on any atom is 0.289 e. The number of pyridine rings is 1. The summed E-state index contributed by atoms with van der Waals surface area (Å²) >= 11 is 0. The van der Waals surface area contributed by atoms with E-state index in [1.54, 1.807) is 35.4 Å². The summed E-state index contributed by atoms with van der Waals surface area (Å²) < 4.78 is 5.70. The second-order valence-corrected chi connectivity index (χ2v) is 7.87. The molecule has 1 aromatic carbocycles. The lowest BCUT2D eigenvalue weighted by molar-refractivity contribution is 0.0715. The van der Waals surface area contributed by atoms with Gasteiger partial charge in [0.2, 0.25) is 0 Å². The number of nitrogens with one attached hydrogen (secondary N) is 1. The molecule has 0 bridgehead atoms. The number of nitrogens with zero attached hydrogens (tertiary/aromatic N) is 5. The molecule has 1 aliphatic heterocycles. The fourth-order valence-corrected chi connectivity index (χ4v) is 3.74. The zero-order valence-electron chi connectivity index (χ0n) is 18.1. The Morgan fingerprint density at radius 2 is 1.76 bits per heavy atom. The van der Waals surface area contributed by atoms with Gasteiger partial charge in [-0.15, -0.1) is 10.2 Å². The fraction of sp³-hybridized carbons (Fsp3) is 0.208. The minimum atomic E-state index is -0.284. The predicted octanol–water partition coefficient (Wildman–Crippen LogP) is 2.99. The van der Waals surface area contributed by atoms with E-state index in [-0.39, 0.29) is 17.1 Å². The van der Waals surface area contributed by atoms with Crippen molar-refractivity contribution in [1.29, 1.82) is 0 Å². The lowest BCUT2D eigenvalue weighted by Crippen LogP contribution is -2.49. The number of rotatable bonds is 4. The molecule has 4 aromatic rings. The number of amides is 1. The van der Waals surface area contributed by atoms with Crippen LogP contribution in [0, 0.1) is 6.92 Å². The molecular formula is C24H22N6O3. The van der Waals surface area contributed by atoms with Gasteiger partial charge in [-0.3, -0.25) is 9.59 Å². The van der Waals surface area contributed by atoms with E-state index < -0.39 is 0 Å². The van der Waals surface area contributed by atoms with Crippen LogP contribution in [0.4, 0.5) is 17.5 Å². The number of carbonyl (C=O) groups excluding carboxylic acids is 1. The highest BCUT2D eigenvalue weighted by atomic mass is 16.3. The summed E-state index contributed by atoms with van der Waals surface area (Å²) in [6.45, 7) is 4.17. The molecule has 9 nitrogen and oxygen atoms in total. The lowest BCUT2D eigenvalue weighted by atomic mass is 10.2. The van der Waals surface area contributed by atoms with Gasteiger partial charge in [-0.25, -0.2) is 4.98 Å². The molecule has 1 amide bonds. The number of para-hydroxylation sites is 1. The Balaban J connectivity index is 1.22. The van der Waals surface area contributed by atoms with Crippen molar-refractivity contribution < 1.29 is 9.21 Å². The average Bonchev–Trinajstić information content (AvgIpc) is 2.85. The molecule has 1 saturated heterocycles. The van der Waals surface area contributed by atoms with Gasteiger partial charge in [0.05, 0.1) is 5.39 Å². The topological polar surface area (TPSA) is 104 Å². The monoisotopic (exact) mass is 442 g/mol. The standard InChI is InChI=1S/C24H22N6O3/c1-16-6-7-21(25-15-16)26-22-8-9-23(28-27-22)29-10-12-30(13-11-29)24(32)20-14-18(31)17-4-2-3-5-19(17)33-20/h2-9,14-15H,10-13H2,1H3,(H,25,26,27). The fourth-order valence-electron chi connectivity index (χ4n) is 3.74. The van der Waals surface area contributed by atoms with Crippen LogP contribution in [-0.2, 0) is 0 Å². The second kappa shape index (κ2) is 8.70. The van der Waals surface area contributed by atoms with Crippen molar-refractivity contribution in [3.63, 3.8) is 0 Å². The second-order valence-electron chi connectivity index (χ2n) is 7.87. The molecule has 1 N–H and O–H groups in total. The van der Waals surface area contributed by atoms with E-state index in [0.717, 1.165) is 11.4 Å². The number of aromatic nitrogens is 3. The van der Waals surface area contributed by atoms with Gasteiger partial charge in [-0.05, 0) is 42.8 Å². The molecule has 166 valence electrons. The predicted molar refractivity (Wildman–Crippen MR) is 125 cm³/mol.